The van der Waals surface area contributed by atoms with Gasteiger partial charge in [-0.3, -0.25) is 9.36 Å². The Bertz CT molecular complexity index is 1150. The summed E-state index contributed by atoms with van der Waals surface area (Å²) in [6.07, 6.45) is 2.33. The zero-order valence-corrected chi connectivity index (χ0v) is 17.7. The van der Waals surface area contributed by atoms with E-state index in [4.69, 9.17) is 15.2 Å². The minimum Gasteiger partial charge on any atom is -0.432 e. The summed E-state index contributed by atoms with van der Waals surface area (Å²) in [6.45, 7) is 3.42. The number of aromatic nitrogens is 1. The number of rotatable bonds is 5. The highest BCUT2D eigenvalue weighted by atomic mass is 32.2. The highest BCUT2D eigenvalue weighted by molar-refractivity contribution is 7.89. The van der Waals surface area contributed by atoms with Gasteiger partial charge in [-0.15, -0.1) is 0 Å². The lowest BCUT2D eigenvalue weighted by atomic mass is 10.1. The van der Waals surface area contributed by atoms with Crippen molar-refractivity contribution in [2.45, 2.75) is 62.4 Å². The Morgan fingerprint density at radius 2 is 2.00 bits per heavy atom. The molecule has 4 rings (SSSR count). The van der Waals surface area contributed by atoms with Crippen molar-refractivity contribution in [1.29, 1.82) is 0 Å². The maximum absolute atomic E-state index is 13.4. The van der Waals surface area contributed by atoms with Gasteiger partial charge >= 0.3 is 6.16 Å². The number of carbonyl (C=O) groups excluding carboxylic acids is 1. The van der Waals surface area contributed by atoms with Gasteiger partial charge in [0.25, 0.3) is 5.56 Å². The minimum atomic E-state index is -3.81. The summed E-state index contributed by atoms with van der Waals surface area (Å²) in [5.41, 5.74) is 5.23. The minimum absolute atomic E-state index is 0.0877. The number of hydrogen-bond donors (Lipinski definition) is 1. The highest BCUT2D eigenvalue weighted by Gasteiger charge is 2.60. The summed E-state index contributed by atoms with van der Waals surface area (Å²) in [5, 5.41) is 0.563. The third-order valence-electron chi connectivity index (χ3n) is 5.79. The number of pyridine rings is 1. The number of carbonyl (C=O) groups is 1. The first kappa shape index (κ1) is 20.8. The molecule has 30 heavy (non-hydrogen) atoms. The van der Waals surface area contributed by atoms with E-state index in [1.807, 2.05) is 0 Å². The zero-order chi connectivity index (χ0) is 21.7. The van der Waals surface area contributed by atoms with Crippen LogP contribution in [0.15, 0.2) is 40.2 Å². The molecule has 162 valence electrons. The average molecular weight is 436 g/mol. The van der Waals surface area contributed by atoms with Crippen molar-refractivity contribution in [3.8, 4) is 0 Å². The van der Waals surface area contributed by atoms with Crippen LogP contribution in [0.1, 0.15) is 33.1 Å². The van der Waals surface area contributed by atoms with Crippen LogP contribution in [0.5, 0.6) is 0 Å². The molecule has 1 unspecified atom stereocenters. The van der Waals surface area contributed by atoms with E-state index < -0.39 is 27.3 Å². The van der Waals surface area contributed by atoms with Gasteiger partial charge in [-0.1, -0.05) is 6.07 Å². The van der Waals surface area contributed by atoms with E-state index in [2.05, 4.69) is 0 Å². The Kier molecular flexibility index (Phi) is 5.11. The Morgan fingerprint density at radius 1 is 1.27 bits per heavy atom. The first-order chi connectivity index (χ1) is 14.2. The largest absolute Gasteiger partial charge is 0.510 e. The summed E-state index contributed by atoms with van der Waals surface area (Å²) >= 11 is 0. The van der Waals surface area contributed by atoms with Crippen molar-refractivity contribution < 1.29 is 22.7 Å². The molecule has 1 aliphatic carbocycles. The molecule has 1 atom stereocenters. The van der Waals surface area contributed by atoms with Crippen LogP contribution < -0.4 is 11.3 Å². The number of hydrogen-bond acceptors (Lipinski definition) is 7. The second kappa shape index (κ2) is 7.36. The smallest absolute Gasteiger partial charge is 0.432 e. The van der Waals surface area contributed by atoms with Crippen LogP contribution in [-0.2, 0) is 26.2 Å². The lowest BCUT2D eigenvalue weighted by Gasteiger charge is -2.26. The summed E-state index contributed by atoms with van der Waals surface area (Å²) in [5.74, 6) is 0. The van der Waals surface area contributed by atoms with Crippen LogP contribution in [0.3, 0.4) is 0 Å². The van der Waals surface area contributed by atoms with Gasteiger partial charge in [-0.05, 0) is 51.3 Å². The van der Waals surface area contributed by atoms with Crippen molar-refractivity contribution in [3.63, 3.8) is 0 Å². The van der Waals surface area contributed by atoms with Crippen molar-refractivity contribution in [3.05, 3.63) is 40.8 Å². The molecule has 1 saturated carbocycles. The summed E-state index contributed by atoms with van der Waals surface area (Å²) in [7, 11) is -3.81. The van der Waals surface area contributed by atoms with E-state index in [0.717, 1.165) is 12.8 Å². The van der Waals surface area contributed by atoms with Gasteiger partial charge in [0.2, 0.25) is 10.0 Å². The van der Waals surface area contributed by atoms with Crippen LogP contribution in [0.25, 0.3) is 10.8 Å². The maximum atomic E-state index is 13.4. The molecule has 0 radical (unpaired) electrons. The quantitative estimate of drug-likeness (QED) is 0.711. The predicted octanol–water partition coefficient (Wildman–Crippen LogP) is 1.77. The molecular formula is C20H25N3O6S. The number of nitrogens with two attached hydrogens (primary N) is 1. The van der Waals surface area contributed by atoms with Gasteiger partial charge < -0.3 is 15.2 Å². The van der Waals surface area contributed by atoms with Gasteiger partial charge in [0.1, 0.15) is 0 Å². The second-order valence-corrected chi connectivity index (χ2v) is 9.90. The van der Waals surface area contributed by atoms with Crippen LogP contribution in [0.2, 0.25) is 0 Å². The fourth-order valence-electron chi connectivity index (χ4n) is 4.12. The van der Waals surface area contributed by atoms with E-state index in [9.17, 15) is 18.0 Å². The molecule has 1 aliphatic heterocycles. The molecule has 2 fully saturated rings. The molecule has 1 saturated heterocycles. The predicted molar refractivity (Wildman–Crippen MR) is 109 cm³/mol. The SMILES string of the molecule is CC(C)OC(=O)OCn1ccc2c(S(=O)(=O)N3CCC(N)C34CC4)cccc2c1=O. The first-order valence-corrected chi connectivity index (χ1v) is 11.3. The number of benzene rings is 1. The molecule has 0 amide bonds. The molecular weight excluding hydrogens is 410 g/mol. The number of nitrogens with zero attached hydrogens (tertiary/aromatic N) is 2. The second-order valence-electron chi connectivity index (χ2n) is 8.07. The monoisotopic (exact) mass is 435 g/mol. The molecule has 1 aromatic carbocycles. The van der Waals surface area contributed by atoms with E-state index in [-0.39, 0.29) is 29.2 Å². The maximum Gasteiger partial charge on any atom is 0.510 e. The van der Waals surface area contributed by atoms with Crippen LogP contribution in [-0.4, -0.2) is 47.7 Å². The summed E-state index contributed by atoms with van der Waals surface area (Å²) < 4.78 is 39.4. The Hall–Kier alpha value is -2.43. The molecule has 2 heterocycles. The lowest BCUT2D eigenvalue weighted by Crippen LogP contribution is -2.44. The van der Waals surface area contributed by atoms with Crippen LogP contribution in [0, 0.1) is 0 Å². The number of sulfonamides is 1. The topological polar surface area (TPSA) is 121 Å². The molecule has 0 bridgehead atoms. The van der Waals surface area contributed by atoms with E-state index in [1.54, 1.807) is 32.0 Å². The third kappa shape index (κ3) is 3.38. The number of ether oxygens (including phenoxy) is 2. The van der Waals surface area contributed by atoms with Crippen molar-refractivity contribution >= 4 is 27.0 Å². The molecule has 10 heteroatoms. The zero-order valence-electron chi connectivity index (χ0n) is 16.9. The van der Waals surface area contributed by atoms with Crippen molar-refractivity contribution in [1.82, 2.24) is 8.87 Å². The normalized spacial score (nSPS) is 20.7. The standard InChI is InChI=1S/C20H25N3O6S/c1-13(2)29-19(25)28-12-22-10-6-14-15(18(22)24)4-3-5-16(14)30(26,27)23-11-7-17(21)20(23)8-9-20/h3-6,10,13,17H,7-9,11-12,21H2,1-2H3. The molecule has 2 N–H and O–H groups in total. The Labute approximate surface area is 174 Å². The number of fused-ring (bicyclic) bond motifs is 1. The van der Waals surface area contributed by atoms with Gasteiger partial charge in [0.05, 0.1) is 16.5 Å². The van der Waals surface area contributed by atoms with E-state index in [0.29, 0.717) is 18.4 Å². The highest BCUT2D eigenvalue weighted by Crippen LogP contribution is 2.51. The fraction of sp³-hybridized carbons (Fsp3) is 0.500. The summed E-state index contributed by atoms with van der Waals surface area (Å²) in [6, 6.07) is 6.00. The average Bonchev–Trinajstić information content (AvgIpc) is 3.40. The molecule has 9 nitrogen and oxygen atoms in total. The molecule has 2 aromatic rings. The van der Waals surface area contributed by atoms with Gasteiger partial charge in [-0.25, -0.2) is 13.2 Å². The van der Waals surface area contributed by atoms with Gasteiger partial charge in [-0.2, -0.15) is 4.31 Å². The van der Waals surface area contributed by atoms with Crippen LogP contribution in [0.4, 0.5) is 4.79 Å². The van der Waals surface area contributed by atoms with Crippen LogP contribution >= 0.6 is 0 Å². The molecule has 1 aromatic heterocycles. The third-order valence-corrected chi connectivity index (χ3v) is 7.83. The molecule has 2 aliphatic rings. The van der Waals surface area contributed by atoms with Gasteiger partial charge in [0.15, 0.2) is 6.73 Å². The van der Waals surface area contributed by atoms with E-state index >= 15 is 0 Å². The van der Waals surface area contributed by atoms with Crippen molar-refractivity contribution in [2.75, 3.05) is 6.54 Å². The Morgan fingerprint density at radius 3 is 2.67 bits per heavy atom. The summed E-state index contributed by atoms with van der Waals surface area (Å²) in [4.78, 5) is 24.5. The molecule has 1 spiro atoms. The van der Waals surface area contributed by atoms with Crippen molar-refractivity contribution in [2.24, 2.45) is 5.73 Å². The Balaban J connectivity index is 1.68. The fourth-order valence-corrected chi connectivity index (χ4v) is 6.21. The van der Waals surface area contributed by atoms with Gasteiger partial charge in [0, 0.05) is 29.6 Å². The van der Waals surface area contributed by atoms with E-state index in [1.165, 1.54) is 21.1 Å². The lowest BCUT2D eigenvalue weighted by molar-refractivity contribution is 0.0154. The first-order valence-electron chi connectivity index (χ1n) is 9.91.